The number of nitrogens with one attached hydrogen (secondary N) is 2. The monoisotopic (exact) mass is 244 g/mol. The zero-order valence-corrected chi connectivity index (χ0v) is 10.0. The molecule has 1 aliphatic heterocycles. The van der Waals surface area contributed by atoms with E-state index in [2.05, 4.69) is 15.5 Å². The van der Waals surface area contributed by atoms with Crippen LogP contribution in [0.2, 0.25) is 0 Å². The second-order valence-corrected chi connectivity index (χ2v) is 5.74. The van der Waals surface area contributed by atoms with E-state index >= 15 is 0 Å². The Bertz CT molecular complexity index is 448. The molecular formula is C9H16N4O2S. The summed E-state index contributed by atoms with van der Waals surface area (Å²) >= 11 is 0. The van der Waals surface area contributed by atoms with Gasteiger partial charge in [-0.1, -0.05) is 0 Å². The molecule has 6 nitrogen and oxygen atoms in total. The topological polar surface area (TPSA) is 78.1 Å². The highest BCUT2D eigenvalue weighted by Gasteiger charge is 2.30. The minimum absolute atomic E-state index is 0.226. The predicted octanol–water partition coefficient (Wildman–Crippen LogP) is -0.0864. The molecule has 0 unspecified atom stereocenters. The number of rotatable bonds is 4. The van der Waals surface area contributed by atoms with Gasteiger partial charge in [-0.2, -0.15) is 9.40 Å². The zero-order valence-electron chi connectivity index (χ0n) is 9.23. The van der Waals surface area contributed by atoms with Gasteiger partial charge in [0.1, 0.15) is 0 Å². The third kappa shape index (κ3) is 1.98. The van der Waals surface area contributed by atoms with Crippen molar-refractivity contribution in [3.05, 3.63) is 11.8 Å². The first-order valence-corrected chi connectivity index (χ1v) is 6.77. The molecule has 0 aromatic carbocycles. The summed E-state index contributed by atoms with van der Waals surface area (Å²) in [7, 11) is -1.60. The van der Waals surface area contributed by atoms with Crippen LogP contribution < -0.4 is 5.32 Å². The molecule has 1 aromatic heterocycles. The molecule has 1 saturated heterocycles. The van der Waals surface area contributed by atoms with Crippen LogP contribution in [0.15, 0.2) is 11.2 Å². The van der Waals surface area contributed by atoms with Crippen molar-refractivity contribution in [1.82, 2.24) is 19.8 Å². The second-order valence-electron chi connectivity index (χ2n) is 3.87. The lowest BCUT2D eigenvalue weighted by molar-refractivity contribution is 0.473. The van der Waals surface area contributed by atoms with Crippen LogP contribution in [0.25, 0.3) is 0 Å². The van der Waals surface area contributed by atoms with E-state index in [1.807, 2.05) is 0 Å². The van der Waals surface area contributed by atoms with Crippen molar-refractivity contribution in [3.8, 4) is 0 Å². The van der Waals surface area contributed by atoms with Crippen LogP contribution in [0.5, 0.6) is 0 Å². The number of aromatic amines is 1. The summed E-state index contributed by atoms with van der Waals surface area (Å²) < 4.78 is 25.9. The first-order chi connectivity index (χ1) is 7.66. The summed E-state index contributed by atoms with van der Waals surface area (Å²) in [5.74, 6) is 0. The molecule has 0 aliphatic carbocycles. The molecule has 0 bridgehead atoms. The Morgan fingerprint density at radius 2 is 2.19 bits per heavy atom. The fourth-order valence-corrected chi connectivity index (χ4v) is 3.52. The van der Waals surface area contributed by atoms with Gasteiger partial charge in [0, 0.05) is 25.2 Å². The molecular weight excluding hydrogens is 228 g/mol. The Kier molecular flexibility index (Phi) is 3.27. The van der Waals surface area contributed by atoms with Crippen molar-refractivity contribution < 1.29 is 8.42 Å². The van der Waals surface area contributed by atoms with Crippen LogP contribution in [0, 0.1) is 0 Å². The van der Waals surface area contributed by atoms with E-state index in [9.17, 15) is 8.42 Å². The maximum absolute atomic E-state index is 12.2. The van der Waals surface area contributed by atoms with E-state index in [4.69, 9.17) is 0 Å². The van der Waals surface area contributed by atoms with Gasteiger partial charge < -0.3 is 5.32 Å². The molecule has 0 spiro atoms. The largest absolute Gasteiger partial charge is 0.316 e. The van der Waals surface area contributed by atoms with E-state index in [1.54, 1.807) is 13.2 Å². The van der Waals surface area contributed by atoms with E-state index in [1.165, 1.54) is 4.31 Å². The summed E-state index contributed by atoms with van der Waals surface area (Å²) in [6, 6.07) is 0. The highest BCUT2D eigenvalue weighted by Crippen LogP contribution is 2.21. The van der Waals surface area contributed by atoms with Crippen molar-refractivity contribution in [1.29, 1.82) is 0 Å². The molecule has 90 valence electrons. The molecule has 2 rings (SSSR count). The van der Waals surface area contributed by atoms with Crippen molar-refractivity contribution in [3.63, 3.8) is 0 Å². The van der Waals surface area contributed by atoms with Crippen molar-refractivity contribution in [2.45, 2.75) is 24.4 Å². The van der Waals surface area contributed by atoms with Crippen LogP contribution in [0.1, 0.15) is 18.4 Å². The Labute approximate surface area is 95.1 Å². The van der Waals surface area contributed by atoms with Crippen LogP contribution in [0.3, 0.4) is 0 Å². The van der Waals surface area contributed by atoms with Crippen molar-refractivity contribution >= 4 is 10.0 Å². The third-order valence-electron chi connectivity index (χ3n) is 2.71. The molecule has 0 amide bonds. The van der Waals surface area contributed by atoms with Crippen LogP contribution in [0.4, 0.5) is 0 Å². The second kappa shape index (κ2) is 4.52. The van der Waals surface area contributed by atoms with Gasteiger partial charge in [0.25, 0.3) is 10.0 Å². The van der Waals surface area contributed by atoms with Gasteiger partial charge in [0.05, 0.1) is 6.20 Å². The molecule has 0 atom stereocenters. The van der Waals surface area contributed by atoms with Crippen LogP contribution in [-0.2, 0) is 16.6 Å². The Morgan fingerprint density at radius 3 is 2.81 bits per heavy atom. The Hall–Kier alpha value is -0.920. The lowest BCUT2D eigenvalue weighted by atomic mass is 10.4. The number of nitrogens with zero attached hydrogens (tertiary/aromatic N) is 2. The quantitative estimate of drug-likeness (QED) is 0.776. The smallest absolute Gasteiger partial charge is 0.260 e. The van der Waals surface area contributed by atoms with E-state index in [0.717, 1.165) is 12.8 Å². The molecule has 1 aromatic rings. The highest BCUT2D eigenvalue weighted by atomic mass is 32.2. The molecule has 1 fully saturated rings. The summed E-state index contributed by atoms with van der Waals surface area (Å²) in [5.41, 5.74) is 0.689. The molecule has 16 heavy (non-hydrogen) atoms. The summed E-state index contributed by atoms with van der Waals surface area (Å²) in [5, 5.41) is 9.55. The normalized spacial score (nSPS) is 18.1. The molecule has 1 aliphatic rings. The minimum atomic E-state index is -3.37. The fourth-order valence-electron chi connectivity index (χ4n) is 1.90. The molecule has 7 heteroatoms. The van der Waals surface area contributed by atoms with Gasteiger partial charge >= 0.3 is 0 Å². The summed E-state index contributed by atoms with van der Waals surface area (Å²) in [6.07, 6.45) is 3.43. The standard InChI is InChI=1S/C9H16N4O2S/c1-10-6-8-7-11-12-9(8)16(14,15)13-4-2-3-5-13/h7,10H,2-6H2,1H3,(H,11,12). The number of aromatic nitrogens is 2. The third-order valence-corrected chi connectivity index (χ3v) is 4.62. The van der Waals surface area contributed by atoms with Crippen LogP contribution >= 0.6 is 0 Å². The van der Waals surface area contributed by atoms with Gasteiger partial charge in [-0.3, -0.25) is 5.10 Å². The molecule has 2 N–H and O–H groups in total. The first-order valence-electron chi connectivity index (χ1n) is 5.33. The van der Waals surface area contributed by atoms with Crippen molar-refractivity contribution in [2.75, 3.05) is 20.1 Å². The van der Waals surface area contributed by atoms with Crippen molar-refractivity contribution in [2.24, 2.45) is 0 Å². The summed E-state index contributed by atoms with van der Waals surface area (Å²) in [4.78, 5) is 0. The van der Waals surface area contributed by atoms with E-state index in [-0.39, 0.29) is 5.03 Å². The Balaban J connectivity index is 2.31. The van der Waals surface area contributed by atoms with E-state index < -0.39 is 10.0 Å². The molecule has 0 saturated carbocycles. The number of hydrogen-bond acceptors (Lipinski definition) is 4. The van der Waals surface area contributed by atoms with Gasteiger partial charge in [0.15, 0.2) is 5.03 Å². The maximum Gasteiger partial charge on any atom is 0.260 e. The number of H-pyrrole nitrogens is 1. The minimum Gasteiger partial charge on any atom is -0.316 e. The number of sulfonamides is 1. The average molecular weight is 244 g/mol. The van der Waals surface area contributed by atoms with Crippen LogP contribution in [-0.4, -0.2) is 43.1 Å². The predicted molar refractivity (Wildman–Crippen MR) is 59.3 cm³/mol. The zero-order chi connectivity index (χ0) is 11.6. The Morgan fingerprint density at radius 1 is 1.50 bits per heavy atom. The van der Waals surface area contributed by atoms with Gasteiger partial charge in [-0.15, -0.1) is 0 Å². The highest BCUT2D eigenvalue weighted by molar-refractivity contribution is 7.89. The fraction of sp³-hybridized carbons (Fsp3) is 0.667. The molecule has 2 heterocycles. The maximum atomic E-state index is 12.2. The lowest BCUT2D eigenvalue weighted by Gasteiger charge is -2.14. The van der Waals surface area contributed by atoms with Gasteiger partial charge in [0.2, 0.25) is 0 Å². The van der Waals surface area contributed by atoms with Gasteiger partial charge in [-0.25, -0.2) is 8.42 Å². The summed E-state index contributed by atoms with van der Waals surface area (Å²) in [6.45, 7) is 1.72. The first kappa shape index (κ1) is 11.6. The van der Waals surface area contributed by atoms with E-state index in [0.29, 0.717) is 25.2 Å². The lowest BCUT2D eigenvalue weighted by Crippen LogP contribution is -2.29. The number of hydrogen-bond donors (Lipinski definition) is 2. The average Bonchev–Trinajstić information content (AvgIpc) is 2.88. The SMILES string of the molecule is CNCc1cn[nH]c1S(=O)(=O)N1CCCC1. The van der Waals surface area contributed by atoms with Gasteiger partial charge in [-0.05, 0) is 19.9 Å². The molecule has 0 radical (unpaired) electrons.